The van der Waals surface area contributed by atoms with Crippen molar-refractivity contribution in [2.24, 2.45) is 0 Å². The van der Waals surface area contributed by atoms with E-state index in [2.05, 4.69) is 20.8 Å². The largest absolute Gasteiger partial charge is 0.393 e. The number of carbonyl (C=O) groups is 1. The Morgan fingerprint density at radius 2 is 1.85 bits per heavy atom. The average Bonchev–Trinajstić information content (AvgIpc) is 2.64. The maximum absolute atomic E-state index is 13.6. The Labute approximate surface area is 154 Å². The predicted molar refractivity (Wildman–Crippen MR) is 99.2 cm³/mol. The van der Waals surface area contributed by atoms with Crippen molar-refractivity contribution in [3.05, 3.63) is 71.8 Å². The molecule has 0 saturated carbocycles. The van der Waals surface area contributed by atoms with Crippen LogP contribution in [0.1, 0.15) is 15.9 Å². The molecule has 0 unspecified atom stereocenters. The average molecular weight is 369 g/mol. The molecule has 3 aromatic rings. The van der Waals surface area contributed by atoms with Crippen LogP contribution in [0.4, 0.5) is 15.9 Å². The van der Waals surface area contributed by atoms with E-state index in [0.29, 0.717) is 5.03 Å². The summed E-state index contributed by atoms with van der Waals surface area (Å²) in [5.41, 5.74) is 12.4. The summed E-state index contributed by atoms with van der Waals surface area (Å²) >= 11 is 1.38. The van der Waals surface area contributed by atoms with Crippen molar-refractivity contribution in [2.45, 2.75) is 16.8 Å². The van der Waals surface area contributed by atoms with E-state index in [9.17, 15) is 9.18 Å². The zero-order chi connectivity index (χ0) is 18.5. The molecule has 0 fully saturated rings. The second kappa shape index (κ2) is 7.83. The van der Waals surface area contributed by atoms with Crippen molar-refractivity contribution in [1.29, 1.82) is 0 Å². The van der Waals surface area contributed by atoms with E-state index in [0.717, 1.165) is 10.5 Å². The highest BCUT2D eigenvalue weighted by Gasteiger charge is 2.13. The second-order valence-electron chi connectivity index (χ2n) is 5.42. The van der Waals surface area contributed by atoms with Crippen LogP contribution in [0.3, 0.4) is 0 Å². The number of nitrogens with one attached hydrogen (secondary N) is 2. The fraction of sp³-hybridized carbons (Fsp3) is 0.0556. The number of hydrogen-bond donors (Lipinski definition) is 3. The van der Waals surface area contributed by atoms with Gasteiger partial charge >= 0.3 is 0 Å². The van der Waals surface area contributed by atoms with E-state index in [1.165, 1.54) is 36.3 Å². The van der Waals surface area contributed by atoms with Crippen molar-refractivity contribution < 1.29 is 9.18 Å². The van der Waals surface area contributed by atoms with Crippen LogP contribution >= 0.6 is 11.8 Å². The van der Waals surface area contributed by atoms with Gasteiger partial charge in [0.05, 0.1) is 5.56 Å². The minimum atomic E-state index is -0.631. The monoisotopic (exact) mass is 369 g/mol. The third-order valence-corrected chi connectivity index (χ3v) is 4.52. The molecule has 26 heavy (non-hydrogen) atoms. The van der Waals surface area contributed by atoms with E-state index in [1.54, 1.807) is 6.07 Å². The minimum Gasteiger partial charge on any atom is -0.393 e. The molecule has 3 rings (SSSR count). The highest BCUT2D eigenvalue weighted by atomic mass is 32.2. The Morgan fingerprint density at radius 3 is 2.58 bits per heavy atom. The van der Waals surface area contributed by atoms with Crippen LogP contribution in [0.25, 0.3) is 0 Å². The summed E-state index contributed by atoms with van der Waals surface area (Å²) in [5.74, 6) is -1.01. The van der Waals surface area contributed by atoms with Crippen LogP contribution in [0, 0.1) is 12.7 Å². The molecule has 0 aliphatic rings. The molecular weight excluding hydrogens is 353 g/mol. The van der Waals surface area contributed by atoms with Crippen molar-refractivity contribution in [3.8, 4) is 0 Å². The summed E-state index contributed by atoms with van der Waals surface area (Å²) in [6.45, 7) is 2.01. The summed E-state index contributed by atoms with van der Waals surface area (Å²) in [6.07, 6.45) is 1.34. The SMILES string of the molecule is Cc1ccc(Sc2ncnc(NNC(=O)c3ccccc3F)c2N)cc1. The number of nitrogen functional groups attached to an aromatic ring is 1. The number of benzene rings is 2. The number of aryl methyl sites for hydroxylation is 1. The van der Waals surface area contributed by atoms with Gasteiger partial charge in [-0.2, -0.15) is 0 Å². The normalized spacial score (nSPS) is 10.4. The molecule has 0 bridgehead atoms. The number of nitrogens with two attached hydrogens (primary N) is 1. The number of amides is 1. The highest BCUT2D eigenvalue weighted by molar-refractivity contribution is 7.99. The number of hydrogen-bond acceptors (Lipinski definition) is 6. The Hall–Kier alpha value is -3.13. The zero-order valence-corrected chi connectivity index (χ0v) is 14.7. The summed E-state index contributed by atoms with van der Waals surface area (Å²) < 4.78 is 13.6. The Bertz CT molecular complexity index is 933. The lowest BCUT2D eigenvalue weighted by molar-refractivity contribution is 0.0958. The summed E-state index contributed by atoms with van der Waals surface area (Å²) in [4.78, 5) is 21.2. The smallest absolute Gasteiger partial charge is 0.272 e. The van der Waals surface area contributed by atoms with Gasteiger partial charge in [0.2, 0.25) is 0 Å². The van der Waals surface area contributed by atoms with Gasteiger partial charge in [-0.1, -0.05) is 41.6 Å². The Morgan fingerprint density at radius 1 is 1.12 bits per heavy atom. The van der Waals surface area contributed by atoms with Crippen LogP contribution in [-0.2, 0) is 0 Å². The maximum atomic E-state index is 13.6. The first-order chi connectivity index (χ1) is 12.5. The van der Waals surface area contributed by atoms with Crippen LogP contribution in [0.2, 0.25) is 0 Å². The van der Waals surface area contributed by atoms with Crippen LogP contribution in [0.5, 0.6) is 0 Å². The number of halogens is 1. The molecule has 1 heterocycles. The maximum Gasteiger partial charge on any atom is 0.272 e. The lowest BCUT2D eigenvalue weighted by Crippen LogP contribution is -2.31. The number of carbonyl (C=O) groups excluding carboxylic acids is 1. The van der Waals surface area contributed by atoms with Gasteiger partial charge in [0.1, 0.15) is 22.9 Å². The lowest BCUT2D eigenvalue weighted by Gasteiger charge is -2.12. The molecule has 8 heteroatoms. The van der Waals surface area contributed by atoms with Crippen LogP contribution in [-0.4, -0.2) is 15.9 Å². The molecule has 0 spiro atoms. The Kier molecular flexibility index (Phi) is 5.33. The topological polar surface area (TPSA) is 92.9 Å². The van der Waals surface area contributed by atoms with Crippen molar-refractivity contribution in [3.63, 3.8) is 0 Å². The number of aromatic nitrogens is 2. The molecule has 6 nitrogen and oxygen atoms in total. The second-order valence-corrected chi connectivity index (χ2v) is 6.48. The molecular formula is C18H16FN5OS. The van der Waals surface area contributed by atoms with E-state index < -0.39 is 11.7 Å². The van der Waals surface area contributed by atoms with Crippen molar-refractivity contribution in [1.82, 2.24) is 15.4 Å². The van der Waals surface area contributed by atoms with E-state index in [4.69, 9.17) is 5.73 Å². The standard InChI is InChI=1S/C18H16FN5OS/c1-11-6-8-12(9-7-11)26-18-15(20)16(21-10-22-18)23-24-17(25)13-4-2-3-5-14(13)19/h2-10H,20H2,1H3,(H,24,25)(H,21,22,23). The highest BCUT2D eigenvalue weighted by Crippen LogP contribution is 2.32. The third-order valence-electron chi connectivity index (χ3n) is 3.50. The molecule has 0 atom stereocenters. The van der Waals surface area contributed by atoms with E-state index in [-0.39, 0.29) is 17.1 Å². The van der Waals surface area contributed by atoms with E-state index >= 15 is 0 Å². The van der Waals surface area contributed by atoms with Gasteiger partial charge in [0, 0.05) is 4.90 Å². The molecule has 1 amide bonds. The van der Waals surface area contributed by atoms with Gasteiger partial charge in [-0.15, -0.1) is 0 Å². The number of nitrogens with zero attached hydrogens (tertiary/aromatic N) is 2. The van der Waals surface area contributed by atoms with E-state index in [1.807, 2.05) is 31.2 Å². The Balaban J connectivity index is 1.72. The van der Waals surface area contributed by atoms with Crippen LogP contribution in [0.15, 0.2) is 64.8 Å². The molecule has 0 radical (unpaired) electrons. The van der Waals surface area contributed by atoms with Gasteiger partial charge < -0.3 is 5.73 Å². The molecule has 4 N–H and O–H groups in total. The number of rotatable bonds is 5. The molecule has 132 valence electrons. The van der Waals surface area contributed by atoms with Gasteiger partial charge in [-0.05, 0) is 31.2 Å². The summed E-state index contributed by atoms with van der Waals surface area (Å²) in [5, 5.41) is 0.548. The molecule has 0 aliphatic heterocycles. The predicted octanol–water partition coefficient (Wildman–Crippen LogP) is 3.41. The van der Waals surface area contributed by atoms with Crippen molar-refractivity contribution >= 4 is 29.2 Å². The fourth-order valence-electron chi connectivity index (χ4n) is 2.11. The number of hydrazine groups is 1. The molecule has 0 aliphatic carbocycles. The van der Waals surface area contributed by atoms with Gasteiger partial charge in [-0.3, -0.25) is 15.6 Å². The molecule has 2 aromatic carbocycles. The number of anilines is 2. The van der Waals surface area contributed by atoms with Crippen LogP contribution < -0.4 is 16.6 Å². The zero-order valence-electron chi connectivity index (χ0n) is 13.9. The lowest BCUT2D eigenvalue weighted by atomic mass is 10.2. The third kappa shape index (κ3) is 4.09. The first-order valence-electron chi connectivity index (χ1n) is 7.70. The fourth-order valence-corrected chi connectivity index (χ4v) is 2.91. The first kappa shape index (κ1) is 17.7. The summed E-state index contributed by atoms with van der Waals surface area (Å²) in [7, 11) is 0. The minimum absolute atomic E-state index is 0.0816. The summed E-state index contributed by atoms with van der Waals surface area (Å²) in [6, 6.07) is 13.6. The molecule has 0 saturated heterocycles. The van der Waals surface area contributed by atoms with Gasteiger partial charge in [0.25, 0.3) is 5.91 Å². The van der Waals surface area contributed by atoms with Gasteiger partial charge in [0.15, 0.2) is 5.82 Å². The quantitative estimate of drug-likeness (QED) is 0.471. The first-order valence-corrected chi connectivity index (χ1v) is 8.52. The molecule has 1 aromatic heterocycles. The van der Waals surface area contributed by atoms with Crippen molar-refractivity contribution in [2.75, 3.05) is 11.2 Å². The van der Waals surface area contributed by atoms with Gasteiger partial charge in [-0.25, -0.2) is 14.4 Å².